The zero-order valence-corrected chi connectivity index (χ0v) is 8.41. The Hall–Kier alpha value is -1.30. The Morgan fingerprint density at radius 2 is 1.87 bits per heavy atom. The van der Waals surface area contributed by atoms with Gasteiger partial charge >= 0.3 is 5.92 Å². The molecule has 4 N–H and O–H groups in total. The van der Waals surface area contributed by atoms with Gasteiger partial charge in [0.2, 0.25) is 5.78 Å². The molecule has 0 aliphatic carbocycles. The number of hydrogen-bond donors (Lipinski definition) is 2. The summed E-state index contributed by atoms with van der Waals surface area (Å²) >= 11 is 0.864. The van der Waals surface area contributed by atoms with Gasteiger partial charge in [-0.25, -0.2) is 0 Å². The van der Waals surface area contributed by atoms with E-state index in [4.69, 9.17) is 11.5 Å². The molecule has 3 nitrogen and oxygen atoms in total. The normalized spacial score (nSPS) is 18.7. The maximum Gasteiger partial charge on any atom is 0.319 e. The molecule has 80 valence electrons. The van der Waals surface area contributed by atoms with Crippen molar-refractivity contribution in [2.75, 3.05) is 17.2 Å². The molecule has 1 heterocycles. The highest BCUT2D eigenvalue weighted by atomic mass is 32.2. The summed E-state index contributed by atoms with van der Waals surface area (Å²) in [4.78, 5) is 11.8. The number of thioether (sulfide) groups is 1. The summed E-state index contributed by atoms with van der Waals surface area (Å²) in [7, 11) is 0. The first kappa shape index (κ1) is 10.2. The van der Waals surface area contributed by atoms with Crippen LogP contribution in [0, 0.1) is 0 Å². The summed E-state index contributed by atoms with van der Waals surface area (Å²) in [6.07, 6.45) is 0. The minimum absolute atomic E-state index is 0.0519. The number of anilines is 2. The number of rotatable bonds is 0. The third kappa shape index (κ3) is 1.45. The first-order chi connectivity index (χ1) is 6.93. The number of hydrogen-bond acceptors (Lipinski definition) is 4. The highest BCUT2D eigenvalue weighted by Gasteiger charge is 2.45. The number of halogens is 2. The predicted molar refractivity (Wildman–Crippen MR) is 55.3 cm³/mol. The van der Waals surface area contributed by atoms with Crippen LogP contribution >= 0.6 is 11.8 Å². The van der Waals surface area contributed by atoms with Crippen molar-refractivity contribution in [3.05, 3.63) is 17.7 Å². The lowest BCUT2D eigenvalue weighted by molar-refractivity contribution is 0.0239. The second-order valence-electron chi connectivity index (χ2n) is 3.27. The molecular weight excluding hydrogens is 222 g/mol. The molecule has 0 saturated heterocycles. The second kappa shape index (κ2) is 3.10. The molecule has 1 aliphatic rings. The van der Waals surface area contributed by atoms with Crippen LogP contribution in [0.1, 0.15) is 10.4 Å². The van der Waals surface area contributed by atoms with Crippen LogP contribution in [0.3, 0.4) is 0 Å². The average molecular weight is 230 g/mol. The Balaban J connectivity index is 2.66. The third-order valence-corrected chi connectivity index (χ3v) is 3.41. The lowest BCUT2D eigenvalue weighted by Crippen LogP contribution is -2.35. The van der Waals surface area contributed by atoms with Crippen LogP contribution in [-0.4, -0.2) is 17.5 Å². The van der Waals surface area contributed by atoms with Crippen molar-refractivity contribution in [2.24, 2.45) is 0 Å². The van der Waals surface area contributed by atoms with E-state index < -0.39 is 17.5 Å². The zero-order chi connectivity index (χ0) is 11.2. The predicted octanol–water partition coefficient (Wildman–Crippen LogP) is 1.77. The highest BCUT2D eigenvalue weighted by molar-refractivity contribution is 7.99. The smallest absolute Gasteiger partial charge is 0.319 e. The third-order valence-electron chi connectivity index (χ3n) is 2.18. The molecule has 0 fully saturated rings. The van der Waals surface area contributed by atoms with Gasteiger partial charge in [-0.3, -0.25) is 4.79 Å². The summed E-state index contributed by atoms with van der Waals surface area (Å²) in [6, 6.07) is 2.88. The molecule has 0 unspecified atom stereocenters. The van der Waals surface area contributed by atoms with Gasteiger partial charge in [-0.05, 0) is 12.1 Å². The maximum absolute atomic E-state index is 13.1. The van der Waals surface area contributed by atoms with Crippen molar-refractivity contribution in [2.45, 2.75) is 10.8 Å². The highest BCUT2D eigenvalue weighted by Crippen LogP contribution is 2.43. The summed E-state index contributed by atoms with van der Waals surface area (Å²) in [5, 5.41) is 0. The molecule has 15 heavy (non-hydrogen) atoms. The monoisotopic (exact) mass is 230 g/mol. The Kier molecular flexibility index (Phi) is 2.11. The average Bonchev–Trinajstić information content (AvgIpc) is 2.16. The van der Waals surface area contributed by atoms with Crippen LogP contribution in [0.2, 0.25) is 0 Å². The lowest BCUT2D eigenvalue weighted by Gasteiger charge is -2.24. The molecule has 1 aromatic carbocycles. The van der Waals surface area contributed by atoms with E-state index in [-0.39, 0.29) is 11.3 Å². The van der Waals surface area contributed by atoms with Crippen molar-refractivity contribution in [1.29, 1.82) is 0 Å². The molecular formula is C9H8F2N2OS. The van der Waals surface area contributed by atoms with E-state index in [9.17, 15) is 13.6 Å². The Bertz CT molecular complexity index is 448. The van der Waals surface area contributed by atoms with Crippen LogP contribution in [-0.2, 0) is 0 Å². The number of fused-ring (bicyclic) bond motifs is 1. The van der Waals surface area contributed by atoms with E-state index in [2.05, 4.69) is 0 Å². The SMILES string of the molecule is Nc1ccc(N)c2c1SCC(F)(F)C2=O. The lowest BCUT2D eigenvalue weighted by atomic mass is 10.0. The summed E-state index contributed by atoms with van der Waals surface area (Å²) in [5.41, 5.74) is 11.3. The van der Waals surface area contributed by atoms with Crippen molar-refractivity contribution in [3.63, 3.8) is 0 Å². The van der Waals surface area contributed by atoms with E-state index in [1.807, 2.05) is 0 Å². The number of Topliss-reactive ketones (excluding diaryl/α,β-unsaturated/α-hetero) is 1. The Morgan fingerprint density at radius 3 is 2.53 bits per heavy atom. The van der Waals surface area contributed by atoms with E-state index in [1.165, 1.54) is 12.1 Å². The van der Waals surface area contributed by atoms with E-state index in [0.29, 0.717) is 10.6 Å². The maximum atomic E-state index is 13.1. The van der Waals surface area contributed by atoms with E-state index >= 15 is 0 Å². The molecule has 0 radical (unpaired) electrons. The fourth-order valence-corrected chi connectivity index (χ4v) is 2.46. The molecule has 1 aromatic rings. The Morgan fingerprint density at radius 1 is 1.27 bits per heavy atom. The zero-order valence-electron chi connectivity index (χ0n) is 7.59. The van der Waals surface area contributed by atoms with Gasteiger partial charge in [-0.1, -0.05) is 0 Å². The summed E-state index contributed by atoms with van der Waals surface area (Å²) in [5.74, 6) is -5.16. The van der Waals surface area contributed by atoms with Crippen molar-refractivity contribution < 1.29 is 13.6 Å². The van der Waals surface area contributed by atoms with Gasteiger partial charge < -0.3 is 11.5 Å². The molecule has 2 rings (SSSR count). The van der Waals surface area contributed by atoms with Gasteiger partial charge in [0.05, 0.1) is 11.3 Å². The van der Waals surface area contributed by atoms with Gasteiger partial charge in [-0.15, -0.1) is 11.8 Å². The van der Waals surface area contributed by atoms with Crippen LogP contribution in [0.5, 0.6) is 0 Å². The van der Waals surface area contributed by atoms with Crippen LogP contribution in [0.15, 0.2) is 17.0 Å². The molecule has 0 saturated carbocycles. The van der Waals surface area contributed by atoms with Gasteiger partial charge in [0.25, 0.3) is 0 Å². The van der Waals surface area contributed by atoms with Crippen molar-refractivity contribution in [3.8, 4) is 0 Å². The van der Waals surface area contributed by atoms with Gasteiger partial charge in [0, 0.05) is 16.3 Å². The van der Waals surface area contributed by atoms with Crippen LogP contribution in [0.4, 0.5) is 20.2 Å². The first-order valence-corrected chi connectivity index (χ1v) is 5.15. The quantitative estimate of drug-likeness (QED) is 0.666. The minimum Gasteiger partial charge on any atom is -0.398 e. The summed E-state index contributed by atoms with van der Waals surface area (Å²) in [6.45, 7) is 0. The number of carbonyl (C=O) groups is 1. The molecule has 6 heteroatoms. The van der Waals surface area contributed by atoms with Crippen LogP contribution < -0.4 is 11.5 Å². The molecule has 0 spiro atoms. The minimum atomic E-state index is -3.35. The summed E-state index contributed by atoms with van der Waals surface area (Å²) < 4.78 is 26.2. The molecule has 0 bridgehead atoms. The van der Waals surface area contributed by atoms with Gasteiger partial charge in [-0.2, -0.15) is 8.78 Å². The molecule has 0 atom stereocenters. The number of benzene rings is 1. The fourth-order valence-electron chi connectivity index (χ4n) is 1.41. The second-order valence-corrected chi connectivity index (χ2v) is 4.26. The number of nitrogens with two attached hydrogens (primary N) is 2. The molecule has 1 aliphatic heterocycles. The Labute approximate surface area is 88.8 Å². The largest absolute Gasteiger partial charge is 0.398 e. The van der Waals surface area contributed by atoms with Crippen molar-refractivity contribution >= 4 is 28.9 Å². The van der Waals surface area contributed by atoms with Crippen LogP contribution in [0.25, 0.3) is 0 Å². The van der Waals surface area contributed by atoms with Gasteiger partial charge in [0.15, 0.2) is 0 Å². The number of alkyl halides is 2. The molecule has 0 amide bonds. The van der Waals surface area contributed by atoms with Gasteiger partial charge in [0.1, 0.15) is 0 Å². The number of nitrogen functional groups attached to an aromatic ring is 2. The van der Waals surface area contributed by atoms with Crippen molar-refractivity contribution in [1.82, 2.24) is 0 Å². The topological polar surface area (TPSA) is 69.1 Å². The first-order valence-electron chi connectivity index (χ1n) is 4.17. The van der Waals surface area contributed by atoms with E-state index in [1.54, 1.807) is 0 Å². The number of carbonyl (C=O) groups excluding carboxylic acids is 1. The number of ketones is 1. The van der Waals surface area contributed by atoms with E-state index in [0.717, 1.165) is 11.8 Å². The molecule has 0 aromatic heterocycles. The standard InChI is InChI=1S/C9H8F2N2OS/c10-9(11)3-15-7-5(13)2-1-4(12)6(7)8(9)14/h1-2H,3,12-13H2. The fraction of sp³-hybridized carbons (Fsp3) is 0.222.